The molecule has 0 bridgehead atoms. The Balaban J connectivity index is 2.28. The Morgan fingerprint density at radius 1 is 1.46 bits per heavy atom. The maximum absolute atomic E-state index is 5.67. The summed E-state index contributed by atoms with van der Waals surface area (Å²) in [5.74, 6) is 0. The van der Waals surface area contributed by atoms with E-state index in [9.17, 15) is 0 Å². The molecule has 0 atom stereocenters. The molecule has 2 rings (SSSR count). The molecule has 0 spiro atoms. The first-order valence-electron chi connectivity index (χ1n) is 4.46. The van der Waals surface area contributed by atoms with Gasteiger partial charge in [0, 0.05) is 23.2 Å². The van der Waals surface area contributed by atoms with E-state index < -0.39 is 0 Å². The third-order valence-electron chi connectivity index (χ3n) is 2.45. The molecule has 0 saturated heterocycles. The molecule has 0 amide bonds. The number of rotatable bonds is 2. The molecule has 2 nitrogen and oxygen atoms in total. The zero-order valence-corrected chi connectivity index (χ0v) is 9.21. The van der Waals surface area contributed by atoms with Gasteiger partial charge in [-0.15, -0.1) is 0 Å². The summed E-state index contributed by atoms with van der Waals surface area (Å²) in [6.07, 6.45) is 2.63. The van der Waals surface area contributed by atoms with E-state index in [1.54, 1.807) is 0 Å². The van der Waals surface area contributed by atoms with Crippen LogP contribution in [0.4, 0.5) is 11.4 Å². The van der Waals surface area contributed by atoms with Gasteiger partial charge >= 0.3 is 0 Å². The SMILES string of the molecule is CN(c1ccc(N)cc1Br)C1CC1. The predicted octanol–water partition coefficient (Wildman–Crippen LogP) is 2.63. The van der Waals surface area contributed by atoms with Crippen molar-refractivity contribution in [1.29, 1.82) is 0 Å². The van der Waals surface area contributed by atoms with Crippen LogP contribution < -0.4 is 10.6 Å². The molecule has 0 aromatic heterocycles. The summed E-state index contributed by atoms with van der Waals surface area (Å²) in [5, 5.41) is 0. The van der Waals surface area contributed by atoms with E-state index in [1.807, 2.05) is 12.1 Å². The van der Waals surface area contributed by atoms with Gasteiger partial charge in [0.25, 0.3) is 0 Å². The lowest BCUT2D eigenvalue weighted by Crippen LogP contribution is -2.19. The van der Waals surface area contributed by atoms with Gasteiger partial charge in [0.05, 0.1) is 5.69 Å². The first kappa shape index (κ1) is 8.88. The van der Waals surface area contributed by atoms with Crippen LogP contribution in [0.1, 0.15) is 12.8 Å². The monoisotopic (exact) mass is 240 g/mol. The van der Waals surface area contributed by atoms with Gasteiger partial charge in [0.1, 0.15) is 0 Å². The van der Waals surface area contributed by atoms with Crippen molar-refractivity contribution in [1.82, 2.24) is 0 Å². The number of benzene rings is 1. The van der Waals surface area contributed by atoms with Crippen molar-refractivity contribution in [3.8, 4) is 0 Å². The molecule has 1 aliphatic carbocycles. The third kappa shape index (κ3) is 1.80. The minimum atomic E-state index is 0.736. The van der Waals surface area contributed by atoms with Gasteiger partial charge in [-0.05, 0) is 47.0 Å². The lowest BCUT2D eigenvalue weighted by molar-refractivity contribution is 0.914. The molecule has 1 fully saturated rings. The molecule has 70 valence electrons. The van der Waals surface area contributed by atoms with Crippen molar-refractivity contribution in [2.75, 3.05) is 17.7 Å². The maximum atomic E-state index is 5.67. The highest BCUT2D eigenvalue weighted by Gasteiger charge is 2.27. The molecule has 0 radical (unpaired) electrons. The molecule has 3 heteroatoms. The highest BCUT2D eigenvalue weighted by Crippen LogP contribution is 2.35. The van der Waals surface area contributed by atoms with Crippen molar-refractivity contribution < 1.29 is 0 Å². The third-order valence-corrected chi connectivity index (χ3v) is 3.08. The van der Waals surface area contributed by atoms with Gasteiger partial charge in [0.2, 0.25) is 0 Å². The number of nitrogens with zero attached hydrogens (tertiary/aromatic N) is 1. The molecule has 0 unspecified atom stereocenters. The number of nitrogens with two attached hydrogens (primary N) is 1. The molecule has 0 aliphatic heterocycles. The first-order chi connectivity index (χ1) is 6.18. The normalized spacial score (nSPS) is 15.8. The largest absolute Gasteiger partial charge is 0.399 e. The van der Waals surface area contributed by atoms with E-state index in [2.05, 4.69) is 33.9 Å². The van der Waals surface area contributed by atoms with Crippen LogP contribution in [0.25, 0.3) is 0 Å². The van der Waals surface area contributed by atoms with Crippen LogP contribution in [-0.4, -0.2) is 13.1 Å². The molecular weight excluding hydrogens is 228 g/mol. The summed E-state index contributed by atoms with van der Waals surface area (Å²) >= 11 is 3.52. The average Bonchev–Trinajstić information content (AvgIpc) is 2.85. The number of anilines is 2. The Morgan fingerprint density at radius 3 is 2.69 bits per heavy atom. The Morgan fingerprint density at radius 2 is 2.15 bits per heavy atom. The van der Waals surface area contributed by atoms with Crippen molar-refractivity contribution >= 4 is 27.3 Å². The van der Waals surface area contributed by atoms with E-state index in [1.165, 1.54) is 18.5 Å². The van der Waals surface area contributed by atoms with Crippen LogP contribution >= 0.6 is 15.9 Å². The lowest BCUT2D eigenvalue weighted by Gasteiger charge is -2.20. The fourth-order valence-electron chi connectivity index (χ4n) is 1.47. The zero-order chi connectivity index (χ0) is 9.42. The second-order valence-electron chi connectivity index (χ2n) is 3.55. The number of hydrogen-bond donors (Lipinski definition) is 1. The van der Waals surface area contributed by atoms with E-state index in [-0.39, 0.29) is 0 Å². The number of halogens is 1. The van der Waals surface area contributed by atoms with Gasteiger partial charge in [-0.1, -0.05) is 0 Å². The summed E-state index contributed by atoms with van der Waals surface area (Å²) in [6.45, 7) is 0. The van der Waals surface area contributed by atoms with Crippen molar-refractivity contribution in [2.24, 2.45) is 0 Å². The number of hydrogen-bond acceptors (Lipinski definition) is 2. The van der Waals surface area contributed by atoms with E-state index >= 15 is 0 Å². The zero-order valence-electron chi connectivity index (χ0n) is 7.63. The van der Waals surface area contributed by atoms with Gasteiger partial charge in [0.15, 0.2) is 0 Å². The summed E-state index contributed by atoms with van der Waals surface area (Å²) in [4.78, 5) is 2.31. The summed E-state index contributed by atoms with van der Waals surface area (Å²) < 4.78 is 1.09. The Bertz CT molecular complexity index is 321. The van der Waals surface area contributed by atoms with Crippen molar-refractivity contribution in [3.63, 3.8) is 0 Å². The highest BCUT2D eigenvalue weighted by molar-refractivity contribution is 9.10. The molecule has 2 N–H and O–H groups in total. The smallest absolute Gasteiger partial charge is 0.0512 e. The van der Waals surface area contributed by atoms with Crippen LogP contribution in [0.2, 0.25) is 0 Å². The fraction of sp³-hybridized carbons (Fsp3) is 0.400. The maximum Gasteiger partial charge on any atom is 0.0512 e. The first-order valence-corrected chi connectivity index (χ1v) is 5.25. The van der Waals surface area contributed by atoms with Crippen molar-refractivity contribution in [3.05, 3.63) is 22.7 Å². The Labute approximate surface area is 86.9 Å². The Hall–Kier alpha value is -0.700. The van der Waals surface area contributed by atoms with E-state index in [0.717, 1.165) is 16.2 Å². The van der Waals surface area contributed by atoms with Gasteiger partial charge in [-0.25, -0.2) is 0 Å². The summed E-state index contributed by atoms with van der Waals surface area (Å²) in [6, 6.07) is 6.70. The van der Waals surface area contributed by atoms with Crippen LogP contribution in [0.3, 0.4) is 0 Å². The molecule has 1 aromatic rings. The Kier molecular flexibility index (Phi) is 2.20. The van der Waals surface area contributed by atoms with Crippen LogP contribution in [-0.2, 0) is 0 Å². The van der Waals surface area contributed by atoms with Crippen molar-refractivity contribution in [2.45, 2.75) is 18.9 Å². The standard InChI is InChI=1S/C10H13BrN2/c1-13(8-3-4-8)10-5-2-7(12)6-9(10)11/h2,5-6,8H,3-4,12H2,1H3. The molecule has 1 aliphatic rings. The van der Waals surface area contributed by atoms with Crippen LogP contribution in [0.5, 0.6) is 0 Å². The van der Waals surface area contributed by atoms with Crippen LogP contribution in [0, 0.1) is 0 Å². The summed E-state index contributed by atoms with van der Waals surface area (Å²) in [7, 11) is 2.13. The molecular formula is C10H13BrN2. The number of nitrogen functional groups attached to an aromatic ring is 1. The second kappa shape index (κ2) is 3.22. The molecule has 0 heterocycles. The molecule has 1 saturated carbocycles. The fourth-order valence-corrected chi connectivity index (χ4v) is 2.14. The van der Waals surface area contributed by atoms with Gasteiger partial charge < -0.3 is 10.6 Å². The van der Waals surface area contributed by atoms with Gasteiger partial charge in [-0.3, -0.25) is 0 Å². The minimum Gasteiger partial charge on any atom is -0.399 e. The topological polar surface area (TPSA) is 29.3 Å². The van der Waals surface area contributed by atoms with Crippen LogP contribution in [0.15, 0.2) is 22.7 Å². The van der Waals surface area contributed by atoms with Gasteiger partial charge in [-0.2, -0.15) is 0 Å². The lowest BCUT2D eigenvalue weighted by atomic mass is 10.2. The molecule has 1 aromatic carbocycles. The second-order valence-corrected chi connectivity index (χ2v) is 4.41. The summed E-state index contributed by atoms with van der Waals surface area (Å²) in [5.41, 5.74) is 7.71. The minimum absolute atomic E-state index is 0.736. The van der Waals surface area contributed by atoms with E-state index in [4.69, 9.17) is 5.73 Å². The predicted molar refractivity (Wildman–Crippen MR) is 60.0 cm³/mol. The molecule has 13 heavy (non-hydrogen) atoms. The van der Waals surface area contributed by atoms with E-state index in [0.29, 0.717) is 0 Å². The average molecular weight is 241 g/mol. The quantitative estimate of drug-likeness (QED) is 0.806. The highest BCUT2D eigenvalue weighted by atomic mass is 79.9.